The maximum atomic E-state index is 13.2. The fraction of sp³-hybridized carbons (Fsp3) is 0.560. The van der Waals surface area contributed by atoms with Gasteiger partial charge in [0.1, 0.15) is 23.6 Å². The van der Waals surface area contributed by atoms with Gasteiger partial charge in [-0.2, -0.15) is 0 Å². The first kappa shape index (κ1) is 27.2. The SMILES string of the molecule is CCC(C)C1NC(=O)C(N)Cc2cc(c(OC)cc2OC)C=CNC(=O)C(C(C)CC)NC1=O. The van der Waals surface area contributed by atoms with E-state index in [1.807, 2.05) is 33.8 Å². The summed E-state index contributed by atoms with van der Waals surface area (Å²) < 4.78 is 10.9. The van der Waals surface area contributed by atoms with Crippen LogP contribution in [0.1, 0.15) is 51.7 Å². The lowest BCUT2D eigenvalue weighted by Gasteiger charge is -2.29. The van der Waals surface area contributed by atoms with Crippen LogP contribution in [-0.4, -0.2) is 50.1 Å². The summed E-state index contributed by atoms with van der Waals surface area (Å²) in [6.07, 6.45) is 4.75. The van der Waals surface area contributed by atoms with Gasteiger partial charge in [-0.1, -0.05) is 40.5 Å². The molecular weight excluding hydrogens is 436 g/mol. The van der Waals surface area contributed by atoms with Crippen LogP contribution in [0.25, 0.3) is 6.08 Å². The Balaban J connectivity index is 2.56. The summed E-state index contributed by atoms with van der Waals surface area (Å²) in [4.78, 5) is 39.2. The van der Waals surface area contributed by atoms with E-state index in [9.17, 15) is 14.4 Å². The number of hydrogen-bond donors (Lipinski definition) is 4. The Morgan fingerprint density at radius 1 is 0.912 bits per heavy atom. The summed E-state index contributed by atoms with van der Waals surface area (Å²) in [5.41, 5.74) is 7.63. The highest BCUT2D eigenvalue weighted by Gasteiger charge is 2.33. The van der Waals surface area contributed by atoms with Crippen LogP contribution in [0, 0.1) is 11.8 Å². The lowest BCUT2D eigenvalue weighted by atomic mass is 9.94. The van der Waals surface area contributed by atoms with Crippen molar-refractivity contribution in [3.8, 4) is 11.5 Å². The van der Waals surface area contributed by atoms with Gasteiger partial charge in [-0.05, 0) is 29.5 Å². The molecule has 9 nitrogen and oxygen atoms in total. The van der Waals surface area contributed by atoms with Gasteiger partial charge >= 0.3 is 0 Å². The van der Waals surface area contributed by atoms with Crippen LogP contribution in [0.2, 0.25) is 0 Å². The Bertz CT molecular complexity index is 917. The average Bonchev–Trinajstić information content (AvgIpc) is 2.83. The number of rotatable bonds is 6. The number of fused-ring (bicyclic) bond motifs is 2. The van der Waals surface area contributed by atoms with Gasteiger partial charge in [0.15, 0.2) is 0 Å². The molecular formula is C25H38N4O5. The molecule has 0 fully saturated rings. The predicted octanol–water partition coefficient (Wildman–Crippen LogP) is 1.74. The number of methoxy groups -OCH3 is 2. The summed E-state index contributed by atoms with van der Waals surface area (Å²) in [7, 11) is 3.07. The van der Waals surface area contributed by atoms with Crippen LogP contribution in [0.3, 0.4) is 0 Å². The van der Waals surface area contributed by atoms with Crippen molar-refractivity contribution in [3.05, 3.63) is 29.5 Å². The molecule has 1 heterocycles. The largest absolute Gasteiger partial charge is 0.496 e. The second-order valence-electron chi connectivity index (χ2n) is 8.80. The smallest absolute Gasteiger partial charge is 0.246 e. The number of ether oxygens (including phenoxy) is 2. The molecule has 1 aliphatic heterocycles. The minimum absolute atomic E-state index is 0.120. The maximum Gasteiger partial charge on any atom is 0.246 e. The molecule has 5 unspecified atom stereocenters. The lowest BCUT2D eigenvalue weighted by Crippen LogP contribution is -2.58. The Morgan fingerprint density at radius 2 is 1.47 bits per heavy atom. The Kier molecular flexibility index (Phi) is 9.92. The molecule has 0 spiro atoms. The molecule has 0 saturated carbocycles. The number of benzene rings is 1. The zero-order valence-corrected chi connectivity index (χ0v) is 20.9. The second-order valence-corrected chi connectivity index (χ2v) is 8.80. The minimum Gasteiger partial charge on any atom is -0.496 e. The van der Waals surface area contributed by atoms with E-state index < -0.39 is 29.9 Å². The van der Waals surface area contributed by atoms with Crippen molar-refractivity contribution in [2.45, 2.75) is 65.1 Å². The number of amides is 3. The van der Waals surface area contributed by atoms with Gasteiger partial charge in [-0.3, -0.25) is 14.4 Å². The van der Waals surface area contributed by atoms with E-state index in [2.05, 4.69) is 16.0 Å². The Morgan fingerprint density at radius 3 is 2.03 bits per heavy atom. The fourth-order valence-electron chi connectivity index (χ4n) is 3.82. The first-order chi connectivity index (χ1) is 16.2. The summed E-state index contributed by atoms with van der Waals surface area (Å²) in [6.45, 7) is 7.66. The molecule has 0 aromatic heterocycles. The minimum atomic E-state index is -0.909. The number of carbonyl (C=O) groups is 3. The monoisotopic (exact) mass is 474 g/mol. The van der Waals surface area contributed by atoms with Crippen LogP contribution in [-0.2, 0) is 20.8 Å². The molecule has 5 atom stereocenters. The lowest BCUT2D eigenvalue weighted by molar-refractivity contribution is -0.134. The third-order valence-corrected chi connectivity index (χ3v) is 6.48. The standard InChI is InChI=1S/C25H38N4O5/c1-7-14(3)21-24(31)27-10-9-16-11-17(20(34-6)13-19(16)33-5)12-18(26)23(30)28-22(15(4)8-2)25(32)29-21/h9-11,13-15,18,21-22H,7-8,12,26H2,1-6H3,(H,27,31)(H,28,30)(H,29,32). The Hall–Kier alpha value is -3.07. The van der Waals surface area contributed by atoms with E-state index in [4.69, 9.17) is 15.2 Å². The van der Waals surface area contributed by atoms with Gasteiger partial charge in [-0.15, -0.1) is 0 Å². The molecule has 0 saturated heterocycles. The number of nitrogens with two attached hydrogens (primary N) is 1. The van der Waals surface area contributed by atoms with Gasteiger partial charge < -0.3 is 31.2 Å². The molecule has 188 valence electrons. The van der Waals surface area contributed by atoms with Crippen LogP contribution in [0.4, 0.5) is 0 Å². The van der Waals surface area contributed by atoms with E-state index in [1.54, 1.807) is 12.1 Å². The highest BCUT2D eigenvalue weighted by atomic mass is 16.5. The molecule has 0 aliphatic carbocycles. The van der Waals surface area contributed by atoms with E-state index in [-0.39, 0.29) is 24.2 Å². The molecule has 1 aromatic carbocycles. The van der Waals surface area contributed by atoms with Crippen molar-refractivity contribution in [1.82, 2.24) is 16.0 Å². The van der Waals surface area contributed by atoms with Gasteiger partial charge in [0, 0.05) is 24.3 Å². The summed E-state index contributed by atoms with van der Waals surface area (Å²) in [6, 6.07) is 1.03. The topological polar surface area (TPSA) is 132 Å². The number of hydrogen-bond acceptors (Lipinski definition) is 6. The van der Waals surface area contributed by atoms with Gasteiger partial charge in [-0.25, -0.2) is 0 Å². The van der Waals surface area contributed by atoms with E-state index in [0.717, 1.165) is 0 Å². The molecule has 5 N–H and O–H groups in total. The molecule has 2 rings (SSSR count). The van der Waals surface area contributed by atoms with Crippen molar-refractivity contribution in [2.75, 3.05) is 14.2 Å². The predicted molar refractivity (Wildman–Crippen MR) is 131 cm³/mol. The molecule has 34 heavy (non-hydrogen) atoms. The van der Waals surface area contributed by atoms with Crippen LogP contribution in [0.15, 0.2) is 18.3 Å². The van der Waals surface area contributed by atoms with Crippen molar-refractivity contribution >= 4 is 23.8 Å². The first-order valence-corrected chi connectivity index (χ1v) is 11.7. The number of nitrogens with one attached hydrogen (secondary N) is 3. The quantitative estimate of drug-likeness (QED) is 0.497. The zero-order valence-electron chi connectivity index (χ0n) is 20.9. The highest BCUT2D eigenvalue weighted by Crippen LogP contribution is 2.31. The van der Waals surface area contributed by atoms with Gasteiger partial charge in [0.2, 0.25) is 17.7 Å². The molecule has 3 amide bonds. The van der Waals surface area contributed by atoms with Gasteiger partial charge in [0.25, 0.3) is 0 Å². The normalized spacial score (nSPS) is 23.5. The van der Waals surface area contributed by atoms with Crippen LogP contribution in [0.5, 0.6) is 11.5 Å². The Labute approximate surface area is 201 Å². The number of carbonyl (C=O) groups excluding carboxylic acids is 3. The van der Waals surface area contributed by atoms with Gasteiger partial charge in [0.05, 0.1) is 20.3 Å². The first-order valence-electron chi connectivity index (χ1n) is 11.7. The average molecular weight is 475 g/mol. The van der Waals surface area contributed by atoms with E-state index in [1.165, 1.54) is 20.4 Å². The third-order valence-electron chi connectivity index (χ3n) is 6.48. The van der Waals surface area contributed by atoms with Crippen molar-refractivity contribution in [3.63, 3.8) is 0 Å². The summed E-state index contributed by atoms with van der Waals surface area (Å²) >= 11 is 0. The fourth-order valence-corrected chi connectivity index (χ4v) is 3.82. The van der Waals surface area contributed by atoms with Crippen LogP contribution >= 0.6 is 0 Å². The zero-order chi connectivity index (χ0) is 25.4. The van der Waals surface area contributed by atoms with Crippen LogP contribution < -0.4 is 31.2 Å². The summed E-state index contributed by atoms with van der Waals surface area (Å²) in [5, 5.41) is 8.43. The molecule has 1 aliphatic rings. The van der Waals surface area contributed by atoms with E-state index >= 15 is 0 Å². The molecule has 2 bridgehead atoms. The molecule has 1 aromatic rings. The van der Waals surface area contributed by atoms with E-state index in [0.29, 0.717) is 35.5 Å². The van der Waals surface area contributed by atoms with Crippen molar-refractivity contribution in [1.29, 1.82) is 0 Å². The summed E-state index contributed by atoms with van der Waals surface area (Å²) in [5.74, 6) is -0.410. The third kappa shape index (κ3) is 6.50. The maximum absolute atomic E-state index is 13.2. The molecule has 9 heteroatoms. The van der Waals surface area contributed by atoms with Crippen molar-refractivity contribution in [2.24, 2.45) is 17.6 Å². The highest BCUT2D eigenvalue weighted by molar-refractivity contribution is 5.93. The van der Waals surface area contributed by atoms with Crippen molar-refractivity contribution < 1.29 is 23.9 Å². The molecule has 0 radical (unpaired) electrons. The second kappa shape index (κ2) is 12.4.